The normalized spacial score (nSPS) is 18.0. The highest BCUT2D eigenvalue weighted by molar-refractivity contribution is 5.95. The van der Waals surface area contributed by atoms with E-state index < -0.39 is 12.0 Å². The summed E-state index contributed by atoms with van der Waals surface area (Å²) < 4.78 is 5.10. The maximum Gasteiger partial charge on any atom is 0.338 e. The molecule has 0 saturated heterocycles. The van der Waals surface area contributed by atoms with E-state index in [9.17, 15) is 9.59 Å². The van der Waals surface area contributed by atoms with Gasteiger partial charge in [0, 0.05) is 5.70 Å². The number of urea groups is 1. The maximum absolute atomic E-state index is 12.2. The van der Waals surface area contributed by atoms with Gasteiger partial charge in [-0.05, 0) is 31.4 Å². The van der Waals surface area contributed by atoms with Crippen molar-refractivity contribution in [3.05, 3.63) is 46.7 Å². The van der Waals surface area contributed by atoms with Crippen LogP contribution in [0.2, 0.25) is 0 Å². The van der Waals surface area contributed by atoms with Crippen LogP contribution in [0, 0.1) is 0 Å². The minimum atomic E-state index is -0.483. The van der Waals surface area contributed by atoms with Gasteiger partial charge in [0.05, 0.1) is 18.2 Å². The van der Waals surface area contributed by atoms with Gasteiger partial charge in [0.1, 0.15) is 0 Å². The number of carbonyl (C=O) groups is 2. The first kappa shape index (κ1) is 15.1. The van der Waals surface area contributed by atoms with E-state index in [1.165, 1.54) is 5.56 Å². The zero-order chi connectivity index (χ0) is 15.4. The number of nitrogens with one attached hydrogen (secondary N) is 2. The third kappa shape index (κ3) is 3.24. The monoisotopic (exact) mass is 288 g/mol. The zero-order valence-corrected chi connectivity index (χ0v) is 12.5. The number of allylic oxidation sites excluding steroid dienone is 1. The number of hydrogen-bond acceptors (Lipinski definition) is 3. The van der Waals surface area contributed by atoms with Crippen LogP contribution in [0.25, 0.3) is 0 Å². The molecule has 21 heavy (non-hydrogen) atoms. The molecule has 1 heterocycles. The Labute approximate surface area is 124 Å². The van der Waals surface area contributed by atoms with Crippen molar-refractivity contribution in [2.45, 2.75) is 33.2 Å². The highest BCUT2D eigenvalue weighted by Gasteiger charge is 2.31. The minimum absolute atomic E-state index is 0.297. The van der Waals surface area contributed by atoms with Gasteiger partial charge in [-0.1, -0.05) is 31.2 Å². The number of esters is 1. The summed E-state index contributed by atoms with van der Waals surface area (Å²) in [5.74, 6) is -0.410. The van der Waals surface area contributed by atoms with Gasteiger partial charge in [0.25, 0.3) is 0 Å². The highest BCUT2D eigenvalue weighted by Crippen LogP contribution is 2.27. The summed E-state index contributed by atoms with van der Waals surface area (Å²) in [6.07, 6.45) is 0.943. The predicted molar refractivity (Wildman–Crippen MR) is 79.6 cm³/mol. The van der Waals surface area contributed by atoms with E-state index in [0.717, 1.165) is 12.0 Å². The molecular weight excluding hydrogens is 268 g/mol. The molecule has 1 atom stereocenters. The Morgan fingerprint density at radius 1 is 1.24 bits per heavy atom. The van der Waals surface area contributed by atoms with Crippen molar-refractivity contribution in [3.8, 4) is 0 Å². The molecule has 112 valence electrons. The standard InChI is InChI=1S/C16H20N2O3/c1-4-11-6-8-12(9-7-11)14-13(15(19)21-5-2)10(3)17-16(20)18-14/h6-9,14H,4-5H2,1-3H3,(H2,17,18,20)/t14-/m1/s1. The molecule has 5 nitrogen and oxygen atoms in total. The summed E-state index contributed by atoms with van der Waals surface area (Å²) in [4.78, 5) is 23.8. The summed E-state index contributed by atoms with van der Waals surface area (Å²) >= 11 is 0. The van der Waals surface area contributed by atoms with Crippen molar-refractivity contribution < 1.29 is 14.3 Å². The van der Waals surface area contributed by atoms with E-state index in [2.05, 4.69) is 17.6 Å². The van der Waals surface area contributed by atoms with Crippen molar-refractivity contribution in [1.29, 1.82) is 0 Å². The smallest absolute Gasteiger partial charge is 0.338 e. The Balaban J connectivity index is 2.39. The minimum Gasteiger partial charge on any atom is -0.463 e. The fourth-order valence-corrected chi connectivity index (χ4v) is 2.37. The van der Waals surface area contributed by atoms with Gasteiger partial charge in [0.2, 0.25) is 0 Å². The van der Waals surface area contributed by atoms with Crippen molar-refractivity contribution in [3.63, 3.8) is 0 Å². The molecule has 0 unspecified atom stereocenters. The predicted octanol–water partition coefficient (Wildman–Crippen LogP) is 2.44. The van der Waals surface area contributed by atoms with E-state index in [-0.39, 0.29) is 6.03 Å². The Kier molecular flexibility index (Phi) is 4.62. The lowest BCUT2D eigenvalue weighted by molar-refractivity contribution is -0.139. The van der Waals surface area contributed by atoms with Crippen LogP contribution in [-0.4, -0.2) is 18.6 Å². The number of ether oxygens (including phenoxy) is 1. The summed E-state index contributed by atoms with van der Waals surface area (Å²) in [6, 6.07) is 7.07. The van der Waals surface area contributed by atoms with Gasteiger partial charge >= 0.3 is 12.0 Å². The second-order valence-electron chi connectivity index (χ2n) is 4.89. The molecule has 1 aromatic carbocycles. The molecule has 0 spiro atoms. The summed E-state index contributed by atoms with van der Waals surface area (Å²) in [7, 11) is 0. The van der Waals surface area contributed by atoms with Gasteiger partial charge in [-0.3, -0.25) is 0 Å². The van der Waals surface area contributed by atoms with Crippen molar-refractivity contribution in [1.82, 2.24) is 10.6 Å². The van der Waals surface area contributed by atoms with Crippen LogP contribution in [0.1, 0.15) is 37.9 Å². The van der Waals surface area contributed by atoms with Crippen molar-refractivity contribution >= 4 is 12.0 Å². The molecule has 2 rings (SSSR count). The Hall–Kier alpha value is -2.30. The van der Waals surface area contributed by atoms with E-state index in [4.69, 9.17) is 4.74 Å². The Bertz CT molecular complexity index is 576. The molecule has 1 aliphatic rings. The molecule has 0 radical (unpaired) electrons. The number of hydrogen-bond donors (Lipinski definition) is 2. The van der Waals surface area contributed by atoms with Crippen LogP contribution in [0.4, 0.5) is 4.79 Å². The molecule has 2 amide bonds. The number of aryl methyl sites for hydroxylation is 1. The molecule has 1 aliphatic heterocycles. The highest BCUT2D eigenvalue weighted by atomic mass is 16.5. The van der Waals surface area contributed by atoms with Crippen LogP contribution < -0.4 is 10.6 Å². The largest absolute Gasteiger partial charge is 0.463 e. The number of amides is 2. The van der Waals surface area contributed by atoms with Gasteiger partial charge < -0.3 is 15.4 Å². The van der Waals surface area contributed by atoms with Gasteiger partial charge in [0.15, 0.2) is 0 Å². The SMILES string of the molecule is CCOC(=O)C1=C(C)NC(=O)N[C@@H]1c1ccc(CC)cc1. The topological polar surface area (TPSA) is 67.4 Å². The molecule has 5 heteroatoms. The van der Waals surface area contributed by atoms with E-state index >= 15 is 0 Å². The second-order valence-corrected chi connectivity index (χ2v) is 4.89. The van der Waals surface area contributed by atoms with E-state index in [1.807, 2.05) is 24.3 Å². The summed E-state index contributed by atoms with van der Waals surface area (Å²) in [5.41, 5.74) is 3.05. The number of benzene rings is 1. The fraction of sp³-hybridized carbons (Fsp3) is 0.375. The second kappa shape index (κ2) is 6.43. The van der Waals surface area contributed by atoms with Crippen LogP contribution in [0.5, 0.6) is 0 Å². The number of rotatable bonds is 4. The average molecular weight is 288 g/mol. The first-order valence-corrected chi connectivity index (χ1v) is 7.11. The van der Waals surface area contributed by atoms with Gasteiger partial charge in [-0.15, -0.1) is 0 Å². The first-order chi connectivity index (χ1) is 10.1. The Morgan fingerprint density at radius 2 is 1.90 bits per heavy atom. The third-order valence-corrected chi connectivity index (χ3v) is 3.49. The number of carbonyl (C=O) groups excluding carboxylic acids is 2. The molecule has 0 aliphatic carbocycles. The molecule has 1 aromatic rings. The zero-order valence-electron chi connectivity index (χ0n) is 12.5. The quantitative estimate of drug-likeness (QED) is 0.836. The van der Waals surface area contributed by atoms with Gasteiger partial charge in [-0.25, -0.2) is 9.59 Å². The summed E-state index contributed by atoms with van der Waals surface area (Å²) in [5, 5.41) is 5.40. The lowest BCUT2D eigenvalue weighted by atomic mass is 9.94. The third-order valence-electron chi connectivity index (χ3n) is 3.49. The molecule has 2 N–H and O–H groups in total. The van der Waals surface area contributed by atoms with Crippen molar-refractivity contribution in [2.75, 3.05) is 6.61 Å². The first-order valence-electron chi connectivity index (χ1n) is 7.11. The molecular formula is C16H20N2O3. The van der Waals surface area contributed by atoms with Crippen molar-refractivity contribution in [2.24, 2.45) is 0 Å². The molecule has 0 saturated carbocycles. The van der Waals surface area contributed by atoms with E-state index in [0.29, 0.717) is 17.9 Å². The fourth-order valence-electron chi connectivity index (χ4n) is 2.37. The lowest BCUT2D eigenvalue weighted by Crippen LogP contribution is -2.45. The molecule has 0 bridgehead atoms. The van der Waals surface area contributed by atoms with Crippen LogP contribution in [-0.2, 0) is 16.0 Å². The maximum atomic E-state index is 12.2. The summed E-state index contributed by atoms with van der Waals surface area (Å²) in [6.45, 7) is 5.84. The van der Waals surface area contributed by atoms with Crippen LogP contribution >= 0.6 is 0 Å². The van der Waals surface area contributed by atoms with Crippen LogP contribution in [0.15, 0.2) is 35.5 Å². The average Bonchev–Trinajstić information content (AvgIpc) is 2.46. The Morgan fingerprint density at radius 3 is 2.48 bits per heavy atom. The van der Waals surface area contributed by atoms with E-state index in [1.54, 1.807) is 13.8 Å². The lowest BCUT2D eigenvalue weighted by Gasteiger charge is -2.28. The molecule has 0 fully saturated rings. The molecule has 0 aromatic heterocycles. The van der Waals surface area contributed by atoms with Crippen LogP contribution in [0.3, 0.4) is 0 Å². The van der Waals surface area contributed by atoms with Gasteiger partial charge in [-0.2, -0.15) is 0 Å².